The number of nitrogens with zero attached hydrogens (tertiary/aromatic N) is 2. The Balaban J connectivity index is 2.64. The van der Waals surface area contributed by atoms with Gasteiger partial charge in [-0.25, -0.2) is 14.8 Å². The number of aromatic carboxylic acids is 1. The van der Waals surface area contributed by atoms with Gasteiger partial charge in [-0.1, -0.05) is 6.07 Å². The molecule has 0 spiro atoms. The van der Waals surface area contributed by atoms with Crippen molar-refractivity contribution < 1.29 is 14.6 Å². The average molecular weight is 258 g/mol. The summed E-state index contributed by atoms with van der Waals surface area (Å²) in [5.41, 5.74) is 3.39. The molecule has 0 fully saturated rings. The minimum atomic E-state index is -1.15. The lowest BCUT2D eigenvalue weighted by Gasteiger charge is -2.12. The number of ether oxygens (including phenoxy) is 1. The average Bonchev–Trinajstić information content (AvgIpc) is 2.37. The molecular formula is C14H14N2O3. The number of aromatic nitrogens is 2. The second-order valence-corrected chi connectivity index (χ2v) is 4.23. The third-order valence-electron chi connectivity index (χ3n) is 2.77. The summed E-state index contributed by atoms with van der Waals surface area (Å²) in [5, 5.41) is 8.94. The standard InChI is InChI=1S/C14H14N2O3/c1-8-6-9(2)12(11(7-8)19-3)10-4-5-15-13(16-10)14(17)18/h4-7H,1-3H3,(H,17,18). The molecule has 0 saturated carbocycles. The summed E-state index contributed by atoms with van der Waals surface area (Å²) >= 11 is 0. The third kappa shape index (κ3) is 2.54. The molecular weight excluding hydrogens is 244 g/mol. The van der Waals surface area contributed by atoms with Crippen LogP contribution in [0.25, 0.3) is 11.3 Å². The summed E-state index contributed by atoms with van der Waals surface area (Å²) in [5.74, 6) is -0.697. The summed E-state index contributed by atoms with van der Waals surface area (Å²) in [6.45, 7) is 3.91. The van der Waals surface area contributed by atoms with Crippen molar-refractivity contribution in [2.75, 3.05) is 7.11 Å². The van der Waals surface area contributed by atoms with Crippen molar-refractivity contribution in [2.45, 2.75) is 13.8 Å². The fourth-order valence-electron chi connectivity index (χ4n) is 2.02. The highest BCUT2D eigenvalue weighted by atomic mass is 16.5. The topological polar surface area (TPSA) is 72.3 Å². The van der Waals surface area contributed by atoms with E-state index in [4.69, 9.17) is 9.84 Å². The minimum Gasteiger partial charge on any atom is -0.496 e. The molecule has 1 heterocycles. The highest BCUT2D eigenvalue weighted by molar-refractivity contribution is 5.84. The first-order valence-electron chi connectivity index (χ1n) is 5.75. The van der Waals surface area contributed by atoms with E-state index in [1.807, 2.05) is 26.0 Å². The van der Waals surface area contributed by atoms with E-state index in [1.165, 1.54) is 6.20 Å². The van der Waals surface area contributed by atoms with E-state index in [-0.39, 0.29) is 5.82 Å². The van der Waals surface area contributed by atoms with Crippen molar-refractivity contribution in [3.05, 3.63) is 41.3 Å². The zero-order chi connectivity index (χ0) is 14.0. The van der Waals surface area contributed by atoms with Crippen LogP contribution in [0.15, 0.2) is 24.4 Å². The SMILES string of the molecule is COc1cc(C)cc(C)c1-c1ccnc(C(=O)O)n1. The fraction of sp³-hybridized carbons (Fsp3) is 0.214. The van der Waals surface area contributed by atoms with Crippen molar-refractivity contribution in [1.82, 2.24) is 9.97 Å². The molecule has 5 nitrogen and oxygen atoms in total. The van der Waals surface area contributed by atoms with Crippen LogP contribution in [-0.2, 0) is 0 Å². The van der Waals surface area contributed by atoms with Crippen LogP contribution in [0, 0.1) is 13.8 Å². The quantitative estimate of drug-likeness (QED) is 0.915. The molecule has 0 aliphatic heterocycles. The molecule has 0 atom stereocenters. The molecule has 1 aromatic heterocycles. The van der Waals surface area contributed by atoms with Crippen molar-refractivity contribution in [3.8, 4) is 17.0 Å². The van der Waals surface area contributed by atoms with Crippen molar-refractivity contribution in [2.24, 2.45) is 0 Å². The molecule has 0 radical (unpaired) electrons. The van der Waals surface area contributed by atoms with E-state index in [2.05, 4.69) is 9.97 Å². The number of carboxylic acid groups (broad SMARTS) is 1. The van der Waals surface area contributed by atoms with Gasteiger partial charge in [0.25, 0.3) is 0 Å². The first-order valence-corrected chi connectivity index (χ1v) is 5.75. The molecule has 5 heteroatoms. The minimum absolute atomic E-state index is 0.223. The van der Waals surface area contributed by atoms with Gasteiger partial charge in [0.15, 0.2) is 0 Å². The summed E-state index contributed by atoms with van der Waals surface area (Å²) in [6, 6.07) is 5.57. The number of carbonyl (C=O) groups is 1. The molecule has 1 N–H and O–H groups in total. The molecule has 0 saturated heterocycles. The highest BCUT2D eigenvalue weighted by Gasteiger charge is 2.14. The molecule has 0 bridgehead atoms. The van der Waals surface area contributed by atoms with Crippen molar-refractivity contribution >= 4 is 5.97 Å². The number of benzene rings is 1. The van der Waals surface area contributed by atoms with Crippen LogP contribution in [0.3, 0.4) is 0 Å². The first kappa shape index (κ1) is 13.0. The van der Waals surface area contributed by atoms with Crippen molar-refractivity contribution in [1.29, 1.82) is 0 Å². The fourth-order valence-corrected chi connectivity index (χ4v) is 2.02. The highest BCUT2D eigenvalue weighted by Crippen LogP contribution is 2.32. The van der Waals surface area contributed by atoms with Crippen LogP contribution < -0.4 is 4.74 Å². The lowest BCUT2D eigenvalue weighted by molar-refractivity contribution is 0.0683. The summed E-state index contributed by atoms with van der Waals surface area (Å²) in [4.78, 5) is 18.7. The van der Waals surface area contributed by atoms with E-state index in [9.17, 15) is 4.79 Å². The van der Waals surface area contributed by atoms with Gasteiger partial charge in [0.1, 0.15) is 5.75 Å². The predicted octanol–water partition coefficient (Wildman–Crippen LogP) is 2.47. The number of hydrogen-bond acceptors (Lipinski definition) is 4. The Morgan fingerprint density at radius 2 is 2.05 bits per heavy atom. The van der Waals surface area contributed by atoms with Crippen LogP contribution in [-0.4, -0.2) is 28.2 Å². The van der Waals surface area contributed by atoms with Gasteiger partial charge in [-0.05, 0) is 37.1 Å². The monoisotopic (exact) mass is 258 g/mol. The summed E-state index contributed by atoms with van der Waals surface area (Å²) < 4.78 is 5.35. The van der Waals surface area contributed by atoms with Crippen LogP contribution in [0.4, 0.5) is 0 Å². The molecule has 0 aliphatic rings. The summed E-state index contributed by atoms with van der Waals surface area (Å²) in [7, 11) is 1.58. The second kappa shape index (κ2) is 5.06. The van der Waals surface area contributed by atoms with Crippen LogP contribution in [0.5, 0.6) is 5.75 Å². The van der Waals surface area contributed by atoms with Gasteiger partial charge < -0.3 is 9.84 Å². The second-order valence-electron chi connectivity index (χ2n) is 4.23. The van der Waals surface area contributed by atoms with Gasteiger partial charge in [-0.3, -0.25) is 0 Å². The molecule has 98 valence electrons. The first-order chi connectivity index (χ1) is 9.02. The lowest BCUT2D eigenvalue weighted by atomic mass is 10.0. The predicted molar refractivity (Wildman–Crippen MR) is 70.5 cm³/mol. The van der Waals surface area contributed by atoms with Gasteiger partial charge in [0, 0.05) is 11.8 Å². The Labute approximate surface area is 110 Å². The number of rotatable bonds is 3. The number of hydrogen-bond donors (Lipinski definition) is 1. The molecule has 0 aliphatic carbocycles. The maximum atomic E-state index is 10.9. The smallest absolute Gasteiger partial charge is 0.373 e. The van der Waals surface area contributed by atoms with Crippen LogP contribution in [0.2, 0.25) is 0 Å². The Kier molecular flexibility index (Phi) is 3.46. The molecule has 1 aromatic carbocycles. The van der Waals surface area contributed by atoms with Gasteiger partial charge in [0.2, 0.25) is 5.82 Å². The van der Waals surface area contributed by atoms with E-state index in [0.29, 0.717) is 11.4 Å². The van der Waals surface area contributed by atoms with E-state index in [0.717, 1.165) is 16.7 Å². The van der Waals surface area contributed by atoms with Crippen LogP contribution >= 0.6 is 0 Å². The molecule has 0 unspecified atom stereocenters. The third-order valence-corrected chi connectivity index (χ3v) is 2.77. The normalized spacial score (nSPS) is 10.3. The zero-order valence-corrected chi connectivity index (χ0v) is 11.0. The van der Waals surface area contributed by atoms with Crippen LogP contribution in [0.1, 0.15) is 21.7 Å². The van der Waals surface area contributed by atoms with E-state index in [1.54, 1.807) is 13.2 Å². The van der Waals surface area contributed by atoms with E-state index >= 15 is 0 Å². The molecule has 0 amide bonds. The summed E-state index contributed by atoms with van der Waals surface area (Å²) in [6.07, 6.45) is 1.44. The Morgan fingerprint density at radius 1 is 1.32 bits per heavy atom. The Morgan fingerprint density at radius 3 is 2.68 bits per heavy atom. The van der Waals surface area contributed by atoms with Crippen molar-refractivity contribution in [3.63, 3.8) is 0 Å². The van der Waals surface area contributed by atoms with Gasteiger partial charge in [0.05, 0.1) is 12.8 Å². The molecule has 2 rings (SSSR count). The number of carboxylic acids is 1. The van der Waals surface area contributed by atoms with Gasteiger partial charge in [-0.2, -0.15) is 0 Å². The van der Waals surface area contributed by atoms with E-state index < -0.39 is 5.97 Å². The lowest BCUT2D eigenvalue weighted by Crippen LogP contribution is -2.05. The zero-order valence-electron chi connectivity index (χ0n) is 11.0. The number of aryl methyl sites for hydroxylation is 2. The molecule has 19 heavy (non-hydrogen) atoms. The van der Waals surface area contributed by atoms with Gasteiger partial charge in [-0.15, -0.1) is 0 Å². The largest absolute Gasteiger partial charge is 0.496 e. The maximum Gasteiger partial charge on any atom is 0.373 e. The number of methoxy groups -OCH3 is 1. The van der Waals surface area contributed by atoms with Gasteiger partial charge >= 0.3 is 5.97 Å². The Hall–Kier alpha value is -2.43. The Bertz CT molecular complexity index is 639. The molecule has 2 aromatic rings. The maximum absolute atomic E-state index is 10.9.